The fraction of sp³-hybridized carbons (Fsp3) is 0.194. The number of Topliss-reactive ketones (excluding diaryl/α,β-unsaturated/α-hetero) is 1. The third kappa shape index (κ3) is 10.6. The predicted molar refractivity (Wildman–Crippen MR) is 186 cm³/mol. The Morgan fingerprint density at radius 1 is 0.846 bits per heavy atom. The van der Waals surface area contributed by atoms with Gasteiger partial charge in [-0.25, -0.2) is 9.59 Å². The van der Waals surface area contributed by atoms with Gasteiger partial charge in [0.1, 0.15) is 11.8 Å². The first-order valence-electron chi connectivity index (χ1n) is 15.1. The second-order valence-electron chi connectivity index (χ2n) is 11.3. The average Bonchev–Trinajstić information content (AvgIpc) is 3.07. The molecule has 0 aliphatic carbocycles. The van der Waals surface area contributed by atoms with Crippen LogP contribution < -0.4 is 15.6 Å². The zero-order valence-corrected chi connectivity index (χ0v) is 28.4. The van der Waals surface area contributed by atoms with Crippen molar-refractivity contribution < 1.29 is 59.0 Å². The highest BCUT2D eigenvalue weighted by atomic mass is 35.5. The lowest BCUT2D eigenvalue weighted by molar-refractivity contribution is -0.170. The van der Waals surface area contributed by atoms with Crippen molar-refractivity contribution in [2.75, 3.05) is 12.4 Å². The van der Waals surface area contributed by atoms with E-state index in [-0.39, 0.29) is 23.5 Å². The molecule has 0 spiro atoms. The first kappa shape index (κ1) is 40.1. The Hall–Kier alpha value is -6.32. The number of carboxylic acid groups (broad SMARTS) is 4. The van der Waals surface area contributed by atoms with Gasteiger partial charge in [-0.1, -0.05) is 41.9 Å². The zero-order valence-electron chi connectivity index (χ0n) is 27.6. The molecule has 1 unspecified atom stereocenters. The van der Waals surface area contributed by atoms with Gasteiger partial charge in [-0.3, -0.25) is 28.5 Å². The Bertz CT molecular complexity index is 2030. The average molecular weight is 737 g/mol. The minimum atomic E-state index is -2.74. The van der Waals surface area contributed by atoms with Gasteiger partial charge in [-0.2, -0.15) is 0 Å². The molecular formula is C36H33ClN2O13. The zero-order chi connectivity index (χ0) is 38.7. The Morgan fingerprint density at radius 2 is 1.44 bits per heavy atom. The van der Waals surface area contributed by atoms with E-state index in [1.165, 1.54) is 55.1 Å². The normalized spacial score (nSPS) is 11.3. The maximum atomic E-state index is 13.5. The van der Waals surface area contributed by atoms with Crippen LogP contribution in [0.1, 0.15) is 52.1 Å². The van der Waals surface area contributed by atoms with Crippen molar-refractivity contribution in [3.8, 4) is 16.9 Å². The third-order valence-electron chi connectivity index (χ3n) is 7.51. The summed E-state index contributed by atoms with van der Waals surface area (Å²) in [6.07, 6.45) is -0.648. The van der Waals surface area contributed by atoms with E-state index in [0.717, 1.165) is 5.56 Å². The number of halogens is 1. The Balaban J connectivity index is 0.000000478. The van der Waals surface area contributed by atoms with Gasteiger partial charge in [0.2, 0.25) is 5.91 Å². The number of rotatable bonds is 14. The molecule has 1 atom stereocenters. The summed E-state index contributed by atoms with van der Waals surface area (Å²) >= 11 is 6.20. The molecule has 0 fully saturated rings. The number of carbonyl (C=O) groups is 6. The molecule has 15 nitrogen and oxygen atoms in total. The summed E-state index contributed by atoms with van der Waals surface area (Å²) in [6, 6.07) is 20.1. The lowest BCUT2D eigenvalue weighted by atomic mass is 9.96. The molecule has 0 aliphatic rings. The van der Waals surface area contributed by atoms with Crippen molar-refractivity contribution in [1.82, 2.24) is 4.57 Å². The van der Waals surface area contributed by atoms with Crippen LogP contribution in [0.3, 0.4) is 0 Å². The molecule has 4 aromatic rings. The Kier molecular flexibility index (Phi) is 13.5. The number of aromatic carboxylic acids is 1. The van der Waals surface area contributed by atoms with Gasteiger partial charge >= 0.3 is 23.9 Å². The number of benzene rings is 3. The summed E-state index contributed by atoms with van der Waals surface area (Å²) in [6.45, 7) is 1.42. The first-order chi connectivity index (χ1) is 24.4. The molecule has 16 heteroatoms. The van der Waals surface area contributed by atoms with Crippen LogP contribution in [0.5, 0.6) is 5.75 Å². The number of nitrogens with one attached hydrogen (secondary N) is 1. The van der Waals surface area contributed by atoms with Crippen LogP contribution in [0.15, 0.2) is 89.9 Å². The lowest BCUT2D eigenvalue weighted by Crippen LogP contribution is -2.42. The molecule has 1 heterocycles. The minimum absolute atomic E-state index is 0.0799. The Labute approximate surface area is 300 Å². The second-order valence-corrected chi connectivity index (χ2v) is 11.7. The lowest BCUT2D eigenvalue weighted by Gasteiger charge is -2.22. The smallest absolute Gasteiger partial charge is 0.336 e. The third-order valence-corrected chi connectivity index (χ3v) is 7.75. The molecular weight excluding hydrogens is 704 g/mol. The molecule has 3 aromatic carbocycles. The summed E-state index contributed by atoms with van der Waals surface area (Å²) in [4.78, 5) is 81.0. The topological polar surface area (TPSA) is 247 Å². The fourth-order valence-electron chi connectivity index (χ4n) is 4.98. The van der Waals surface area contributed by atoms with E-state index in [1.54, 1.807) is 18.2 Å². The maximum Gasteiger partial charge on any atom is 0.336 e. The van der Waals surface area contributed by atoms with E-state index in [1.807, 2.05) is 30.3 Å². The molecule has 1 aromatic heterocycles. The first-order valence-corrected chi connectivity index (χ1v) is 15.5. The largest absolute Gasteiger partial charge is 0.495 e. The van der Waals surface area contributed by atoms with Crippen LogP contribution in [0, 0.1) is 0 Å². The van der Waals surface area contributed by atoms with Gasteiger partial charge in [0.25, 0.3) is 5.56 Å². The van der Waals surface area contributed by atoms with Crippen molar-refractivity contribution >= 4 is 52.9 Å². The number of hydrogen-bond acceptors (Lipinski definition) is 9. The van der Waals surface area contributed by atoms with E-state index >= 15 is 0 Å². The van der Waals surface area contributed by atoms with E-state index in [9.17, 15) is 33.6 Å². The van der Waals surface area contributed by atoms with E-state index in [4.69, 9.17) is 41.9 Å². The number of nitrogens with zero attached hydrogens (tertiary/aromatic N) is 1. The summed E-state index contributed by atoms with van der Waals surface area (Å²) in [7, 11) is 1.43. The van der Waals surface area contributed by atoms with E-state index in [0.29, 0.717) is 27.4 Å². The van der Waals surface area contributed by atoms with E-state index < -0.39 is 59.8 Å². The molecule has 272 valence electrons. The summed E-state index contributed by atoms with van der Waals surface area (Å²) < 4.78 is 6.89. The number of ketones is 1. The monoisotopic (exact) mass is 736 g/mol. The maximum absolute atomic E-state index is 13.5. The molecule has 52 heavy (non-hydrogen) atoms. The number of carboxylic acids is 4. The molecule has 0 bridgehead atoms. The quantitative estimate of drug-likeness (QED) is 0.0993. The van der Waals surface area contributed by atoms with Crippen molar-refractivity contribution in [3.05, 3.63) is 117 Å². The minimum Gasteiger partial charge on any atom is -0.495 e. The van der Waals surface area contributed by atoms with Crippen LogP contribution in [0.2, 0.25) is 5.02 Å². The molecule has 1 amide bonds. The number of methoxy groups -OCH3 is 1. The number of hydrogen-bond donors (Lipinski definition) is 6. The number of ether oxygens (including phenoxy) is 1. The number of pyridine rings is 1. The van der Waals surface area contributed by atoms with Crippen LogP contribution in [-0.4, -0.2) is 78.4 Å². The number of aliphatic carboxylic acids is 3. The van der Waals surface area contributed by atoms with Crippen LogP contribution in [0.4, 0.5) is 5.69 Å². The van der Waals surface area contributed by atoms with Gasteiger partial charge in [-0.15, -0.1) is 0 Å². The highest BCUT2D eigenvalue weighted by Crippen LogP contribution is 2.34. The molecule has 0 aliphatic heterocycles. The number of aliphatic hydroxyl groups is 1. The number of amides is 1. The van der Waals surface area contributed by atoms with Crippen molar-refractivity contribution in [2.24, 2.45) is 0 Å². The molecule has 0 saturated carbocycles. The Morgan fingerprint density at radius 3 is 1.94 bits per heavy atom. The van der Waals surface area contributed by atoms with Gasteiger partial charge in [0, 0.05) is 34.3 Å². The van der Waals surface area contributed by atoms with Gasteiger partial charge < -0.3 is 35.6 Å². The van der Waals surface area contributed by atoms with Gasteiger partial charge in [0.15, 0.2) is 11.4 Å². The molecule has 0 radical (unpaired) electrons. The van der Waals surface area contributed by atoms with E-state index in [2.05, 4.69) is 5.32 Å². The number of carbonyl (C=O) groups excluding carboxylic acids is 2. The fourth-order valence-corrected chi connectivity index (χ4v) is 5.15. The number of anilines is 1. The van der Waals surface area contributed by atoms with Gasteiger partial charge in [-0.05, 0) is 60.5 Å². The van der Waals surface area contributed by atoms with Crippen molar-refractivity contribution in [3.63, 3.8) is 0 Å². The van der Waals surface area contributed by atoms with Crippen molar-refractivity contribution in [2.45, 2.75) is 37.8 Å². The standard InChI is InChI=1S/C30H25ClN2O6.C6H8O7/c1-18(34)23-13-10-21(31)15-24(23)25-16-28(35)33(17-27(25)39-2)26(14-19-6-4-3-5-7-19)29(36)32-22-11-8-20(9-12-22)30(37)38;7-3(8)1-6(13,5(11)12)2-4(9)10/h3-13,15-17,26H,14H2,1-2H3,(H,32,36)(H,37,38);13H,1-2H2,(H,7,8)(H,9,10)(H,11,12). The second kappa shape index (κ2) is 17.6. The van der Waals surface area contributed by atoms with Crippen LogP contribution in [-0.2, 0) is 25.6 Å². The summed E-state index contributed by atoms with van der Waals surface area (Å²) in [5, 5.41) is 46.1. The van der Waals surface area contributed by atoms with Gasteiger partial charge in [0.05, 0.1) is 31.7 Å². The molecule has 4 rings (SSSR count). The number of aromatic nitrogens is 1. The SMILES string of the molecule is COc1cn(C(Cc2ccccc2)C(=O)Nc2ccc(C(=O)O)cc2)c(=O)cc1-c1cc(Cl)ccc1C(C)=O.O=C(O)CC(O)(CC(=O)O)C(=O)O. The van der Waals surface area contributed by atoms with Crippen molar-refractivity contribution in [1.29, 1.82) is 0 Å². The highest BCUT2D eigenvalue weighted by molar-refractivity contribution is 6.31. The summed E-state index contributed by atoms with van der Waals surface area (Å²) in [5.41, 5.74) is -0.759. The van der Waals surface area contributed by atoms with Crippen LogP contribution >= 0.6 is 11.6 Å². The predicted octanol–water partition coefficient (Wildman–Crippen LogP) is 4.25. The summed E-state index contributed by atoms with van der Waals surface area (Å²) in [5.74, 6) is -6.51. The van der Waals surface area contributed by atoms with Crippen LogP contribution in [0.25, 0.3) is 11.1 Å². The highest BCUT2D eigenvalue weighted by Gasteiger charge is 2.40. The molecule has 0 saturated heterocycles. The molecule has 6 N–H and O–H groups in total.